The smallest absolute Gasteiger partial charge is 0.452 e. The number of fused-ring (bicyclic) bond motifs is 4. The summed E-state index contributed by atoms with van der Waals surface area (Å²) < 4.78 is 19.4. The lowest BCUT2D eigenvalue weighted by atomic mass is 9.78. The largest absolute Gasteiger partial charge is 0.494 e. The second-order valence-electron chi connectivity index (χ2n) is 11.3. The van der Waals surface area contributed by atoms with Crippen LogP contribution in [0.15, 0.2) is 109 Å². The zero-order valence-electron chi connectivity index (χ0n) is 22.6. The normalized spacial score (nSPS) is 17.0. The summed E-state index contributed by atoms with van der Waals surface area (Å²) >= 11 is 0. The quantitative estimate of drug-likeness (QED) is 0.223. The minimum atomic E-state index is -0.458. The lowest BCUT2D eigenvalue weighted by Crippen LogP contribution is -2.41. The molecule has 0 amide bonds. The van der Waals surface area contributed by atoms with Crippen LogP contribution in [0.25, 0.3) is 21.9 Å². The van der Waals surface area contributed by atoms with E-state index in [0.29, 0.717) is 0 Å². The Kier molecular flexibility index (Phi) is 5.38. The molecule has 2 aliphatic heterocycles. The van der Waals surface area contributed by atoms with E-state index in [0.717, 1.165) is 44.8 Å². The molecule has 192 valence electrons. The van der Waals surface area contributed by atoms with Crippen LogP contribution in [0, 0.1) is 0 Å². The Hall–Kier alpha value is -4.06. The molecule has 5 aromatic rings. The molecule has 39 heavy (non-hydrogen) atoms. The van der Waals surface area contributed by atoms with Crippen molar-refractivity contribution in [1.29, 1.82) is 0 Å². The van der Waals surface area contributed by atoms with Gasteiger partial charge >= 0.3 is 7.12 Å². The Labute approximate surface area is 229 Å². The summed E-state index contributed by atoms with van der Waals surface area (Å²) in [6.07, 6.45) is 0. The van der Waals surface area contributed by atoms with Gasteiger partial charge in [0.25, 0.3) is 0 Å². The van der Waals surface area contributed by atoms with Crippen molar-refractivity contribution >= 4 is 40.4 Å². The highest BCUT2D eigenvalue weighted by molar-refractivity contribution is 6.62. The van der Waals surface area contributed by atoms with Crippen molar-refractivity contribution < 1.29 is 14.0 Å². The van der Waals surface area contributed by atoms with Gasteiger partial charge in [-0.3, -0.25) is 0 Å². The fourth-order valence-corrected chi connectivity index (χ4v) is 5.39. The van der Waals surface area contributed by atoms with Crippen LogP contribution in [-0.4, -0.2) is 18.3 Å². The van der Waals surface area contributed by atoms with E-state index in [2.05, 4.69) is 124 Å². The van der Waals surface area contributed by atoms with Gasteiger partial charge in [0, 0.05) is 11.1 Å². The maximum atomic E-state index is 6.61. The second-order valence-corrected chi connectivity index (χ2v) is 11.3. The third-order valence-corrected chi connectivity index (χ3v) is 8.29. The topological polar surface area (TPSA) is 30.9 Å². The molecule has 0 spiro atoms. The maximum absolute atomic E-state index is 6.61. The average Bonchev–Trinajstić information content (AvgIpc) is 3.18. The molecule has 0 atom stereocenters. The van der Waals surface area contributed by atoms with E-state index in [1.165, 1.54) is 11.1 Å². The number of rotatable bonds is 3. The van der Waals surface area contributed by atoms with Gasteiger partial charge < -0.3 is 18.9 Å². The van der Waals surface area contributed by atoms with Crippen LogP contribution in [-0.2, 0) is 9.31 Å². The molecule has 7 rings (SSSR count). The Balaban J connectivity index is 1.37. The van der Waals surface area contributed by atoms with Crippen molar-refractivity contribution in [3.05, 3.63) is 109 Å². The fourth-order valence-electron chi connectivity index (χ4n) is 5.39. The third-order valence-electron chi connectivity index (χ3n) is 8.29. The van der Waals surface area contributed by atoms with Crippen LogP contribution in [0.5, 0.6) is 11.5 Å². The highest BCUT2D eigenvalue weighted by atomic mass is 16.7. The molecule has 2 aliphatic rings. The van der Waals surface area contributed by atoms with Gasteiger partial charge in [-0.05, 0) is 80.0 Å². The van der Waals surface area contributed by atoms with Crippen LogP contribution in [0.1, 0.15) is 27.7 Å². The molecule has 1 saturated heterocycles. The molecule has 0 saturated carbocycles. The number of hydrogen-bond donors (Lipinski definition) is 0. The Morgan fingerprint density at radius 3 is 2.03 bits per heavy atom. The first kappa shape index (κ1) is 24.0. The fraction of sp³-hybridized carbons (Fsp3) is 0.176. The van der Waals surface area contributed by atoms with Crippen molar-refractivity contribution in [1.82, 2.24) is 0 Å². The molecule has 0 aromatic heterocycles. The first-order chi connectivity index (χ1) is 18.8. The molecular weight excluding hydrogens is 481 g/mol. The van der Waals surface area contributed by atoms with Crippen LogP contribution in [0.4, 0.5) is 17.1 Å². The molecule has 5 aromatic carbocycles. The first-order valence-electron chi connectivity index (χ1n) is 13.5. The Morgan fingerprint density at radius 1 is 0.615 bits per heavy atom. The van der Waals surface area contributed by atoms with E-state index < -0.39 is 18.3 Å². The molecular formula is C34H30BNO3. The summed E-state index contributed by atoms with van der Waals surface area (Å²) in [6, 6.07) is 38.1. The van der Waals surface area contributed by atoms with E-state index in [4.69, 9.17) is 14.0 Å². The summed E-state index contributed by atoms with van der Waals surface area (Å²) in [5.41, 5.74) is 5.52. The third kappa shape index (κ3) is 3.92. The monoisotopic (exact) mass is 511 g/mol. The maximum Gasteiger partial charge on any atom is 0.494 e. The van der Waals surface area contributed by atoms with Gasteiger partial charge in [0.15, 0.2) is 11.5 Å². The average molecular weight is 511 g/mol. The second kappa shape index (κ2) is 8.73. The van der Waals surface area contributed by atoms with Crippen molar-refractivity contribution in [3.63, 3.8) is 0 Å². The summed E-state index contributed by atoms with van der Waals surface area (Å²) in [7, 11) is -0.458. The number of ether oxygens (including phenoxy) is 1. The standard InChI is InChI=1S/C34H30BNO3/c1-33(2)34(3,4)39-35(38-33)26-17-21-31-30(22-26)36(27-18-14-24(15-19-27)23-10-6-5-7-11-23)29-20-16-25-12-8-9-13-28(25)32(29)37-31/h5-22H,1-4H3. The van der Waals surface area contributed by atoms with E-state index in [-0.39, 0.29) is 0 Å². The summed E-state index contributed by atoms with van der Waals surface area (Å²) in [5, 5.41) is 2.23. The highest BCUT2D eigenvalue weighted by Gasteiger charge is 2.52. The molecule has 2 heterocycles. The van der Waals surface area contributed by atoms with Crippen LogP contribution in [0.3, 0.4) is 0 Å². The lowest BCUT2D eigenvalue weighted by molar-refractivity contribution is 0.00578. The van der Waals surface area contributed by atoms with Crippen molar-refractivity contribution in [2.75, 3.05) is 4.90 Å². The van der Waals surface area contributed by atoms with Gasteiger partial charge in [-0.25, -0.2) is 0 Å². The Bertz CT molecular complexity index is 1680. The minimum absolute atomic E-state index is 0.414. The van der Waals surface area contributed by atoms with E-state index in [9.17, 15) is 0 Å². The molecule has 0 aliphatic carbocycles. The zero-order chi connectivity index (χ0) is 26.8. The first-order valence-corrected chi connectivity index (χ1v) is 13.5. The zero-order valence-corrected chi connectivity index (χ0v) is 22.6. The minimum Gasteiger partial charge on any atom is -0.452 e. The Morgan fingerprint density at radius 2 is 1.28 bits per heavy atom. The predicted molar refractivity (Wildman–Crippen MR) is 160 cm³/mol. The molecule has 0 radical (unpaired) electrons. The van der Waals surface area contributed by atoms with Crippen LogP contribution < -0.4 is 15.1 Å². The molecule has 1 fully saturated rings. The van der Waals surface area contributed by atoms with Gasteiger partial charge in [-0.2, -0.15) is 0 Å². The van der Waals surface area contributed by atoms with Gasteiger partial charge in [-0.15, -0.1) is 0 Å². The van der Waals surface area contributed by atoms with E-state index >= 15 is 0 Å². The lowest BCUT2D eigenvalue weighted by Gasteiger charge is -2.34. The SMILES string of the molecule is CC1(C)OB(c2ccc3c(c2)N(c2ccc(-c4ccccc4)cc2)c2ccc4ccccc4c2O3)OC1(C)C. The summed E-state index contributed by atoms with van der Waals surface area (Å²) in [6.45, 7) is 8.32. The number of hydrogen-bond acceptors (Lipinski definition) is 4. The molecule has 0 unspecified atom stereocenters. The van der Waals surface area contributed by atoms with E-state index in [1.54, 1.807) is 0 Å². The van der Waals surface area contributed by atoms with Crippen molar-refractivity contribution in [3.8, 4) is 22.6 Å². The van der Waals surface area contributed by atoms with Crippen LogP contribution >= 0.6 is 0 Å². The summed E-state index contributed by atoms with van der Waals surface area (Å²) in [4.78, 5) is 2.28. The predicted octanol–water partition coefficient (Wildman–Crippen LogP) is 8.38. The highest BCUT2D eigenvalue weighted by Crippen LogP contribution is 2.52. The molecule has 4 nitrogen and oxygen atoms in total. The summed E-state index contributed by atoms with van der Waals surface area (Å²) in [5.74, 6) is 1.65. The van der Waals surface area contributed by atoms with Crippen molar-refractivity contribution in [2.24, 2.45) is 0 Å². The number of nitrogens with zero attached hydrogens (tertiary/aromatic N) is 1. The molecule has 0 N–H and O–H groups in total. The van der Waals surface area contributed by atoms with E-state index in [1.807, 2.05) is 18.2 Å². The molecule has 0 bridgehead atoms. The van der Waals surface area contributed by atoms with Gasteiger partial charge in [-0.1, -0.05) is 78.9 Å². The van der Waals surface area contributed by atoms with Gasteiger partial charge in [0.05, 0.1) is 22.6 Å². The van der Waals surface area contributed by atoms with Gasteiger partial charge in [0.2, 0.25) is 0 Å². The molecule has 5 heteroatoms. The number of anilines is 3. The van der Waals surface area contributed by atoms with Crippen molar-refractivity contribution in [2.45, 2.75) is 38.9 Å². The van der Waals surface area contributed by atoms with Crippen LogP contribution in [0.2, 0.25) is 0 Å². The number of benzene rings is 5. The van der Waals surface area contributed by atoms with Gasteiger partial charge in [0.1, 0.15) is 0 Å².